The number of benzene rings is 1. The Bertz CT molecular complexity index is 1040. The number of ketones is 1. The second kappa shape index (κ2) is 9.76. The molecule has 0 atom stereocenters. The van der Waals surface area contributed by atoms with Gasteiger partial charge in [0.25, 0.3) is 0 Å². The molecular weight excluding hydrogens is 381 g/mol. The SMILES string of the molecule is C=C(F)c1ccc(N(CCN)CCc2ccccc2)nc1C(=O)c1cccnc1N. The second-order valence-corrected chi connectivity index (χ2v) is 6.75. The molecule has 0 bridgehead atoms. The van der Waals surface area contributed by atoms with Crippen LogP contribution in [-0.2, 0) is 6.42 Å². The molecule has 0 fully saturated rings. The smallest absolute Gasteiger partial charge is 0.215 e. The largest absolute Gasteiger partial charge is 0.383 e. The summed E-state index contributed by atoms with van der Waals surface area (Å²) in [4.78, 5) is 23.5. The van der Waals surface area contributed by atoms with Crippen molar-refractivity contribution in [2.75, 3.05) is 30.3 Å². The summed E-state index contributed by atoms with van der Waals surface area (Å²) in [7, 11) is 0. The van der Waals surface area contributed by atoms with E-state index in [1.165, 1.54) is 23.9 Å². The Labute approximate surface area is 175 Å². The lowest BCUT2D eigenvalue weighted by Crippen LogP contribution is -2.32. The number of rotatable bonds is 9. The van der Waals surface area contributed by atoms with Crippen molar-refractivity contribution in [3.05, 3.63) is 89.8 Å². The van der Waals surface area contributed by atoms with Crippen LogP contribution in [0.15, 0.2) is 67.4 Å². The fraction of sp³-hybridized carbons (Fsp3) is 0.174. The van der Waals surface area contributed by atoms with E-state index in [4.69, 9.17) is 11.5 Å². The first-order valence-electron chi connectivity index (χ1n) is 9.61. The molecule has 2 heterocycles. The molecule has 1 aromatic carbocycles. The third kappa shape index (κ3) is 4.87. The third-order valence-corrected chi connectivity index (χ3v) is 4.71. The van der Waals surface area contributed by atoms with E-state index in [-0.39, 0.29) is 22.6 Å². The molecule has 0 aliphatic rings. The van der Waals surface area contributed by atoms with Crippen LogP contribution in [0.2, 0.25) is 0 Å². The monoisotopic (exact) mass is 405 g/mol. The second-order valence-electron chi connectivity index (χ2n) is 6.75. The fourth-order valence-electron chi connectivity index (χ4n) is 3.16. The number of halogens is 1. The van der Waals surface area contributed by atoms with Crippen molar-refractivity contribution in [1.29, 1.82) is 0 Å². The number of anilines is 2. The average Bonchev–Trinajstić information content (AvgIpc) is 2.76. The Morgan fingerprint density at radius 3 is 2.47 bits per heavy atom. The van der Waals surface area contributed by atoms with Crippen LogP contribution in [0.5, 0.6) is 0 Å². The lowest BCUT2D eigenvalue weighted by molar-refractivity contribution is 0.103. The first-order valence-corrected chi connectivity index (χ1v) is 9.61. The number of carbonyl (C=O) groups excluding carboxylic acids is 1. The Morgan fingerprint density at radius 2 is 1.80 bits per heavy atom. The Balaban J connectivity index is 1.95. The minimum atomic E-state index is -0.741. The maximum atomic E-state index is 14.1. The summed E-state index contributed by atoms with van der Waals surface area (Å²) >= 11 is 0. The molecule has 2 aromatic heterocycles. The van der Waals surface area contributed by atoms with E-state index < -0.39 is 11.6 Å². The molecule has 7 heteroatoms. The molecule has 0 saturated carbocycles. The minimum Gasteiger partial charge on any atom is -0.383 e. The van der Waals surface area contributed by atoms with E-state index in [9.17, 15) is 9.18 Å². The Kier molecular flexibility index (Phi) is 6.87. The number of pyridine rings is 2. The fourth-order valence-corrected chi connectivity index (χ4v) is 3.16. The van der Waals surface area contributed by atoms with E-state index in [2.05, 4.69) is 16.5 Å². The Hall–Kier alpha value is -3.58. The molecule has 0 aliphatic heterocycles. The highest BCUT2D eigenvalue weighted by Gasteiger charge is 2.22. The number of hydrogen-bond donors (Lipinski definition) is 2. The van der Waals surface area contributed by atoms with Gasteiger partial charge in [-0.1, -0.05) is 36.9 Å². The van der Waals surface area contributed by atoms with Crippen molar-refractivity contribution in [3.8, 4) is 0 Å². The molecule has 6 nitrogen and oxygen atoms in total. The summed E-state index contributed by atoms with van der Waals surface area (Å²) in [5.74, 6) is -0.651. The van der Waals surface area contributed by atoms with E-state index in [0.29, 0.717) is 25.5 Å². The van der Waals surface area contributed by atoms with Gasteiger partial charge in [-0.05, 0) is 36.2 Å². The van der Waals surface area contributed by atoms with Gasteiger partial charge in [-0.3, -0.25) is 4.79 Å². The molecule has 0 amide bonds. The predicted molar refractivity (Wildman–Crippen MR) is 118 cm³/mol. The summed E-state index contributed by atoms with van der Waals surface area (Å²) < 4.78 is 14.1. The summed E-state index contributed by atoms with van der Waals surface area (Å²) in [6.45, 7) is 4.93. The average molecular weight is 405 g/mol. The van der Waals surface area contributed by atoms with Gasteiger partial charge >= 0.3 is 0 Å². The number of carbonyl (C=O) groups is 1. The molecule has 30 heavy (non-hydrogen) atoms. The molecule has 154 valence electrons. The molecule has 0 unspecified atom stereocenters. The molecule has 0 radical (unpaired) electrons. The summed E-state index contributed by atoms with van der Waals surface area (Å²) in [6, 6.07) is 16.3. The first-order chi connectivity index (χ1) is 14.5. The summed E-state index contributed by atoms with van der Waals surface area (Å²) in [5, 5.41) is 0. The molecule has 0 spiro atoms. The zero-order valence-electron chi connectivity index (χ0n) is 16.6. The van der Waals surface area contributed by atoms with Crippen LogP contribution in [0, 0.1) is 0 Å². The molecule has 3 aromatic rings. The van der Waals surface area contributed by atoms with E-state index in [0.717, 1.165) is 6.42 Å². The molecule has 4 N–H and O–H groups in total. The number of nitrogens with two attached hydrogens (primary N) is 2. The maximum absolute atomic E-state index is 14.1. The van der Waals surface area contributed by atoms with Gasteiger partial charge in [0, 0.05) is 31.4 Å². The van der Waals surface area contributed by atoms with Crippen LogP contribution in [0.3, 0.4) is 0 Å². The van der Waals surface area contributed by atoms with Crippen LogP contribution in [-0.4, -0.2) is 35.4 Å². The normalized spacial score (nSPS) is 10.6. The van der Waals surface area contributed by atoms with Crippen molar-refractivity contribution < 1.29 is 9.18 Å². The first kappa shape index (κ1) is 21.1. The standard InChI is InChI=1S/C23H24FN5O/c1-16(24)18-9-10-20(28-21(18)22(30)19-8-5-13-27-23(19)26)29(15-12-25)14-11-17-6-3-2-4-7-17/h2-10,13H,1,11-12,14-15,25H2,(H2,26,27). The van der Waals surface area contributed by atoms with Crippen molar-refractivity contribution in [1.82, 2.24) is 9.97 Å². The molecule has 3 rings (SSSR count). The molecule has 0 aliphatic carbocycles. The van der Waals surface area contributed by atoms with E-state index >= 15 is 0 Å². The number of nitrogen functional groups attached to an aromatic ring is 1. The molecular formula is C23H24FN5O. The van der Waals surface area contributed by atoms with Crippen molar-refractivity contribution >= 4 is 23.2 Å². The third-order valence-electron chi connectivity index (χ3n) is 4.71. The van der Waals surface area contributed by atoms with E-state index in [1.54, 1.807) is 12.1 Å². The zero-order chi connectivity index (χ0) is 21.5. The van der Waals surface area contributed by atoms with Gasteiger partial charge in [-0.2, -0.15) is 0 Å². The van der Waals surface area contributed by atoms with Crippen molar-refractivity contribution in [3.63, 3.8) is 0 Å². The highest BCUT2D eigenvalue weighted by atomic mass is 19.1. The lowest BCUT2D eigenvalue weighted by atomic mass is 10.0. The maximum Gasteiger partial charge on any atom is 0.215 e. The Morgan fingerprint density at radius 1 is 1.03 bits per heavy atom. The quantitative estimate of drug-likeness (QED) is 0.531. The van der Waals surface area contributed by atoms with Gasteiger partial charge in [0.15, 0.2) is 0 Å². The van der Waals surface area contributed by atoms with Crippen LogP contribution < -0.4 is 16.4 Å². The van der Waals surface area contributed by atoms with Crippen LogP contribution in [0.25, 0.3) is 5.83 Å². The summed E-state index contributed by atoms with van der Waals surface area (Å²) in [6.07, 6.45) is 2.26. The van der Waals surface area contributed by atoms with Gasteiger partial charge < -0.3 is 16.4 Å². The van der Waals surface area contributed by atoms with Crippen molar-refractivity contribution in [2.24, 2.45) is 5.73 Å². The number of nitrogens with zero attached hydrogens (tertiary/aromatic N) is 3. The van der Waals surface area contributed by atoms with Gasteiger partial charge in [-0.25, -0.2) is 14.4 Å². The topological polar surface area (TPSA) is 98.1 Å². The van der Waals surface area contributed by atoms with Gasteiger partial charge in [-0.15, -0.1) is 0 Å². The van der Waals surface area contributed by atoms with Crippen LogP contribution in [0.1, 0.15) is 27.2 Å². The number of hydrogen-bond acceptors (Lipinski definition) is 6. The highest BCUT2D eigenvalue weighted by molar-refractivity contribution is 6.12. The van der Waals surface area contributed by atoms with Crippen LogP contribution in [0.4, 0.5) is 16.0 Å². The van der Waals surface area contributed by atoms with Gasteiger partial charge in [0.2, 0.25) is 5.78 Å². The lowest BCUT2D eigenvalue weighted by Gasteiger charge is -2.24. The van der Waals surface area contributed by atoms with Gasteiger partial charge in [0.1, 0.15) is 23.2 Å². The summed E-state index contributed by atoms with van der Waals surface area (Å²) in [5.41, 5.74) is 12.9. The van der Waals surface area contributed by atoms with Crippen molar-refractivity contribution in [2.45, 2.75) is 6.42 Å². The van der Waals surface area contributed by atoms with Gasteiger partial charge in [0.05, 0.1) is 5.56 Å². The minimum absolute atomic E-state index is 0.0303. The predicted octanol–water partition coefficient (Wildman–Crippen LogP) is 3.24. The van der Waals surface area contributed by atoms with E-state index in [1.807, 2.05) is 35.2 Å². The zero-order valence-corrected chi connectivity index (χ0v) is 16.6. The number of aromatic nitrogens is 2. The molecule has 0 saturated heterocycles. The van der Waals surface area contributed by atoms with Crippen LogP contribution >= 0.6 is 0 Å². The highest BCUT2D eigenvalue weighted by Crippen LogP contribution is 2.25.